The summed E-state index contributed by atoms with van der Waals surface area (Å²) >= 11 is 0. The molecule has 0 aromatic rings. The van der Waals surface area contributed by atoms with Gasteiger partial charge in [0.05, 0.1) is 0 Å². The SMILES string of the molecule is NC1(CF)C=CN=C1. The Hall–Kier alpha value is -0.700. The molecule has 0 saturated heterocycles. The fraction of sp³-hybridized carbons (Fsp3) is 0.400. The van der Waals surface area contributed by atoms with Crippen LogP contribution in [0.25, 0.3) is 0 Å². The molecule has 0 spiro atoms. The van der Waals surface area contributed by atoms with Gasteiger partial charge in [-0.1, -0.05) is 0 Å². The normalized spacial score (nSPS) is 34.2. The molecule has 1 heterocycles. The minimum atomic E-state index is -0.903. The van der Waals surface area contributed by atoms with Gasteiger partial charge in [0.15, 0.2) is 0 Å². The first kappa shape index (κ1) is 5.44. The molecule has 3 heteroatoms. The average molecular weight is 114 g/mol. The molecular weight excluding hydrogens is 107 g/mol. The number of hydrogen-bond donors (Lipinski definition) is 1. The minimum Gasteiger partial charge on any atom is -0.315 e. The molecule has 0 aliphatic carbocycles. The first-order valence-corrected chi connectivity index (χ1v) is 2.34. The maximum atomic E-state index is 11.8. The molecule has 0 radical (unpaired) electrons. The van der Waals surface area contributed by atoms with E-state index in [1.165, 1.54) is 18.5 Å². The van der Waals surface area contributed by atoms with Crippen molar-refractivity contribution in [3.63, 3.8) is 0 Å². The second-order valence-electron chi connectivity index (χ2n) is 1.84. The van der Waals surface area contributed by atoms with Crippen LogP contribution in [0.15, 0.2) is 17.3 Å². The lowest BCUT2D eigenvalue weighted by Gasteiger charge is -2.10. The lowest BCUT2D eigenvalue weighted by atomic mass is 10.1. The summed E-state index contributed by atoms with van der Waals surface area (Å²) in [6, 6.07) is 0. The van der Waals surface area contributed by atoms with Crippen molar-refractivity contribution in [2.45, 2.75) is 5.54 Å². The molecule has 0 bridgehead atoms. The van der Waals surface area contributed by atoms with Crippen molar-refractivity contribution in [2.75, 3.05) is 6.67 Å². The van der Waals surface area contributed by atoms with Gasteiger partial charge in [0.2, 0.25) is 0 Å². The Morgan fingerprint density at radius 3 is 2.75 bits per heavy atom. The predicted molar refractivity (Wildman–Crippen MR) is 30.5 cm³/mol. The smallest absolute Gasteiger partial charge is 0.116 e. The fourth-order valence-corrected chi connectivity index (χ4v) is 0.486. The van der Waals surface area contributed by atoms with Gasteiger partial charge in [-0.25, -0.2) is 4.39 Å². The van der Waals surface area contributed by atoms with Gasteiger partial charge in [-0.05, 0) is 6.08 Å². The molecule has 0 aromatic carbocycles. The molecule has 1 aliphatic heterocycles. The Morgan fingerprint density at radius 2 is 2.50 bits per heavy atom. The average Bonchev–Trinajstić information content (AvgIpc) is 2.17. The zero-order valence-electron chi connectivity index (χ0n) is 4.34. The van der Waals surface area contributed by atoms with Crippen LogP contribution in [-0.4, -0.2) is 18.4 Å². The van der Waals surface area contributed by atoms with Gasteiger partial charge in [0.1, 0.15) is 12.2 Å². The molecule has 1 aliphatic rings. The molecule has 1 unspecified atom stereocenters. The van der Waals surface area contributed by atoms with Gasteiger partial charge in [0.25, 0.3) is 0 Å². The van der Waals surface area contributed by atoms with E-state index in [0.29, 0.717) is 0 Å². The van der Waals surface area contributed by atoms with E-state index < -0.39 is 12.2 Å². The van der Waals surface area contributed by atoms with E-state index in [0.717, 1.165) is 0 Å². The summed E-state index contributed by atoms with van der Waals surface area (Å²) in [4.78, 5) is 3.64. The van der Waals surface area contributed by atoms with Crippen molar-refractivity contribution >= 4 is 6.21 Å². The van der Waals surface area contributed by atoms with Crippen molar-refractivity contribution in [1.29, 1.82) is 0 Å². The Kier molecular flexibility index (Phi) is 1.13. The topological polar surface area (TPSA) is 38.4 Å². The lowest BCUT2D eigenvalue weighted by Crippen LogP contribution is -2.39. The minimum absolute atomic E-state index is 0.576. The molecule has 1 rings (SSSR count). The molecule has 8 heavy (non-hydrogen) atoms. The number of hydrogen-bond acceptors (Lipinski definition) is 2. The summed E-state index contributed by atoms with van der Waals surface area (Å²) in [6.07, 6.45) is 4.43. The number of rotatable bonds is 1. The molecule has 0 saturated carbocycles. The van der Waals surface area contributed by atoms with Crippen LogP contribution in [0.1, 0.15) is 0 Å². The third-order valence-corrected chi connectivity index (χ3v) is 1.02. The molecule has 0 amide bonds. The zero-order valence-corrected chi connectivity index (χ0v) is 4.34. The quantitative estimate of drug-likeness (QED) is 0.521. The van der Waals surface area contributed by atoms with E-state index >= 15 is 0 Å². The standard InChI is InChI=1S/C5H7FN2/c6-3-5(7)1-2-8-4-5/h1-2,4H,3,7H2. The molecule has 44 valence electrons. The van der Waals surface area contributed by atoms with Gasteiger partial charge in [-0.2, -0.15) is 0 Å². The van der Waals surface area contributed by atoms with E-state index in [-0.39, 0.29) is 0 Å². The van der Waals surface area contributed by atoms with Gasteiger partial charge in [-0.15, -0.1) is 0 Å². The number of aliphatic imine (C=N–C) groups is 1. The molecule has 0 fully saturated rings. The maximum Gasteiger partial charge on any atom is 0.116 e. The summed E-state index contributed by atoms with van der Waals surface area (Å²) < 4.78 is 11.8. The van der Waals surface area contributed by atoms with Crippen LogP contribution in [0.5, 0.6) is 0 Å². The van der Waals surface area contributed by atoms with Crippen molar-refractivity contribution in [1.82, 2.24) is 0 Å². The molecular formula is C5H7FN2. The summed E-state index contributed by atoms with van der Waals surface area (Å²) in [7, 11) is 0. The molecule has 2 nitrogen and oxygen atoms in total. The van der Waals surface area contributed by atoms with Gasteiger partial charge < -0.3 is 5.73 Å². The molecule has 0 aromatic heterocycles. The predicted octanol–water partition coefficient (Wildman–Crippen LogP) is 0.251. The maximum absolute atomic E-state index is 11.8. The number of nitrogens with two attached hydrogens (primary N) is 1. The molecule has 2 N–H and O–H groups in total. The summed E-state index contributed by atoms with van der Waals surface area (Å²) in [5.41, 5.74) is 4.44. The van der Waals surface area contributed by atoms with E-state index in [1.54, 1.807) is 0 Å². The summed E-state index contributed by atoms with van der Waals surface area (Å²) in [6.45, 7) is -0.576. The third-order valence-electron chi connectivity index (χ3n) is 1.02. The second kappa shape index (κ2) is 1.67. The highest BCUT2D eigenvalue weighted by Gasteiger charge is 2.20. The fourth-order valence-electron chi connectivity index (χ4n) is 0.486. The Bertz CT molecular complexity index is 127. The summed E-state index contributed by atoms with van der Waals surface area (Å²) in [5, 5.41) is 0. The highest BCUT2D eigenvalue weighted by Crippen LogP contribution is 2.05. The van der Waals surface area contributed by atoms with Crippen LogP contribution in [0.3, 0.4) is 0 Å². The second-order valence-corrected chi connectivity index (χ2v) is 1.84. The largest absolute Gasteiger partial charge is 0.315 e. The number of nitrogens with zero attached hydrogens (tertiary/aromatic N) is 1. The first-order chi connectivity index (χ1) is 3.77. The van der Waals surface area contributed by atoms with Crippen molar-refractivity contribution in [3.05, 3.63) is 12.3 Å². The monoisotopic (exact) mass is 114 g/mol. The van der Waals surface area contributed by atoms with Crippen LogP contribution < -0.4 is 5.73 Å². The third kappa shape index (κ3) is 0.767. The van der Waals surface area contributed by atoms with E-state index in [2.05, 4.69) is 4.99 Å². The van der Waals surface area contributed by atoms with Crippen LogP contribution in [0.2, 0.25) is 0 Å². The summed E-state index contributed by atoms with van der Waals surface area (Å²) in [5.74, 6) is 0. The number of halogens is 1. The highest BCUT2D eigenvalue weighted by atomic mass is 19.1. The van der Waals surface area contributed by atoms with Gasteiger partial charge in [0, 0.05) is 12.4 Å². The Balaban J connectivity index is 2.69. The van der Waals surface area contributed by atoms with Crippen LogP contribution in [0.4, 0.5) is 4.39 Å². The van der Waals surface area contributed by atoms with Crippen LogP contribution >= 0.6 is 0 Å². The highest BCUT2D eigenvalue weighted by molar-refractivity contribution is 5.76. The van der Waals surface area contributed by atoms with Crippen LogP contribution in [-0.2, 0) is 0 Å². The van der Waals surface area contributed by atoms with Crippen molar-refractivity contribution in [2.24, 2.45) is 10.7 Å². The van der Waals surface area contributed by atoms with Gasteiger partial charge in [-0.3, -0.25) is 4.99 Å². The number of alkyl halides is 1. The van der Waals surface area contributed by atoms with Crippen LogP contribution in [0, 0.1) is 0 Å². The zero-order chi connectivity index (χ0) is 6.04. The molecule has 1 atom stereocenters. The van der Waals surface area contributed by atoms with E-state index in [1.807, 2.05) is 0 Å². The Labute approximate surface area is 46.9 Å². The van der Waals surface area contributed by atoms with E-state index in [9.17, 15) is 4.39 Å². The van der Waals surface area contributed by atoms with Crippen molar-refractivity contribution in [3.8, 4) is 0 Å². The first-order valence-electron chi connectivity index (χ1n) is 2.34. The van der Waals surface area contributed by atoms with Crippen molar-refractivity contribution < 1.29 is 4.39 Å². The van der Waals surface area contributed by atoms with E-state index in [4.69, 9.17) is 5.73 Å². The van der Waals surface area contributed by atoms with Gasteiger partial charge >= 0.3 is 0 Å². The lowest BCUT2D eigenvalue weighted by molar-refractivity contribution is 0.432. The Morgan fingerprint density at radius 1 is 1.75 bits per heavy atom.